The number of thioether (sulfide) groups is 1. The lowest BCUT2D eigenvalue weighted by Gasteiger charge is -2.20. The van der Waals surface area contributed by atoms with Gasteiger partial charge in [-0.25, -0.2) is 5.01 Å². The van der Waals surface area contributed by atoms with Crippen LogP contribution in [0.2, 0.25) is 0 Å². The van der Waals surface area contributed by atoms with Crippen molar-refractivity contribution < 1.29 is 4.79 Å². The Morgan fingerprint density at radius 3 is 2.80 bits per heavy atom. The number of nitrogens with two attached hydrogens (primary N) is 1. The first-order valence-corrected chi connectivity index (χ1v) is 11.0. The maximum absolute atomic E-state index is 12.8. The summed E-state index contributed by atoms with van der Waals surface area (Å²) < 4.78 is 0.695. The summed E-state index contributed by atoms with van der Waals surface area (Å²) in [6, 6.07) is 8.07. The number of rotatable bonds is 5. The van der Waals surface area contributed by atoms with Gasteiger partial charge in [-0.15, -0.1) is 32.9 Å². The molecule has 3 aromatic heterocycles. The molecular formula is C15H13N5OS4. The van der Waals surface area contributed by atoms with E-state index in [0.29, 0.717) is 9.47 Å². The van der Waals surface area contributed by atoms with Crippen LogP contribution in [0.15, 0.2) is 44.5 Å². The molecule has 0 saturated carbocycles. The van der Waals surface area contributed by atoms with E-state index in [0.717, 1.165) is 21.9 Å². The van der Waals surface area contributed by atoms with Crippen molar-refractivity contribution in [2.45, 2.75) is 16.8 Å². The van der Waals surface area contributed by atoms with Gasteiger partial charge in [0.2, 0.25) is 5.13 Å². The van der Waals surface area contributed by atoms with Crippen molar-refractivity contribution in [2.75, 3.05) is 11.5 Å². The second-order valence-corrected chi connectivity index (χ2v) is 9.35. The molecule has 0 radical (unpaired) electrons. The molecule has 10 heteroatoms. The first-order valence-electron chi connectivity index (χ1n) is 7.39. The van der Waals surface area contributed by atoms with Crippen molar-refractivity contribution in [2.24, 2.45) is 5.10 Å². The maximum Gasteiger partial charge on any atom is 0.253 e. The lowest BCUT2D eigenvalue weighted by atomic mass is 10.1. The monoisotopic (exact) mass is 407 g/mol. The minimum atomic E-state index is -0.0382. The molecule has 0 bridgehead atoms. The fourth-order valence-corrected chi connectivity index (χ4v) is 5.52. The fraction of sp³-hybridized carbons (Fsp3) is 0.200. The number of carbonyl (C=O) groups excluding carboxylic acids is 1. The second-order valence-electron chi connectivity index (χ2n) is 5.19. The average Bonchev–Trinajstić information content (AvgIpc) is 3.38. The lowest BCUT2D eigenvalue weighted by molar-refractivity contribution is -0.130. The molecule has 1 aliphatic heterocycles. The molecule has 1 unspecified atom stereocenters. The molecule has 4 rings (SSSR count). The molecule has 1 aliphatic rings. The van der Waals surface area contributed by atoms with Crippen molar-refractivity contribution in [1.29, 1.82) is 0 Å². The molecule has 0 aromatic carbocycles. The number of nitrogen functional groups attached to an aromatic ring is 1. The average molecular weight is 408 g/mol. The van der Waals surface area contributed by atoms with E-state index in [2.05, 4.69) is 21.4 Å². The number of thiophene rings is 2. The molecular weight excluding hydrogens is 394 g/mol. The highest BCUT2D eigenvalue weighted by molar-refractivity contribution is 8.01. The zero-order chi connectivity index (χ0) is 17.2. The van der Waals surface area contributed by atoms with E-state index in [-0.39, 0.29) is 17.7 Å². The zero-order valence-electron chi connectivity index (χ0n) is 12.9. The third kappa shape index (κ3) is 3.61. The third-order valence-corrected chi connectivity index (χ3v) is 7.35. The highest BCUT2D eigenvalue weighted by Gasteiger charge is 2.34. The SMILES string of the molecule is Nc1nnc(SCC(=O)N2N=C(c3cccs3)CC2c2cccs2)s1. The van der Waals surface area contributed by atoms with Crippen LogP contribution in [0.1, 0.15) is 22.2 Å². The van der Waals surface area contributed by atoms with Crippen LogP contribution in [0.25, 0.3) is 0 Å². The summed E-state index contributed by atoms with van der Waals surface area (Å²) in [4.78, 5) is 15.0. The predicted molar refractivity (Wildman–Crippen MR) is 104 cm³/mol. The molecule has 128 valence electrons. The van der Waals surface area contributed by atoms with Gasteiger partial charge in [0.15, 0.2) is 4.34 Å². The molecule has 1 amide bonds. The Balaban J connectivity index is 1.53. The molecule has 0 spiro atoms. The Morgan fingerprint density at radius 2 is 2.12 bits per heavy atom. The van der Waals surface area contributed by atoms with Crippen LogP contribution >= 0.6 is 45.8 Å². The van der Waals surface area contributed by atoms with Gasteiger partial charge in [0.25, 0.3) is 5.91 Å². The van der Waals surface area contributed by atoms with Gasteiger partial charge in [-0.05, 0) is 22.9 Å². The van der Waals surface area contributed by atoms with Gasteiger partial charge in [0.1, 0.15) is 0 Å². The number of hydrogen-bond acceptors (Lipinski definition) is 9. The number of amides is 1. The molecule has 0 aliphatic carbocycles. The molecule has 0 fully saturated rings. The molecule has 3 aromatic rings. The molecule has 25 heavy (non-hydrogen) atoms. The van der Waals surface area contributed by atoms with Crippen LogP contribution in [0.5, 0.6) is 0 Å². The smallest absolute Gasteiger partial charge is 0.253 e. The summed E-state index contributed by atoms with van der Waals surface area (Å²) >= 11 is 5.93. The van der Waals surface area contributed by atoms with Crippen LogP contribution < -0.4 is 5.73 Å². The normalized spacial score (nSPS) is 17.0. The van der Waals surface area contributed by atoms with E-state index in [1.807, 2.05) is 29.0 Å². The minimum Gasteiger partial charge on any atom is -0.374 e. The van der Waals surface area contributed by atoms with Crippen LogP contribution in [0.4, 0.5) is 5.13 Å². The Morgan fingerprint density at radius 1 is 1.28 bits per heavy atom. The summed E-state index contributed by atoms with van der Waals surface area (Å²) in [5, 5.41) is 18.4. The van der Waals surface area contributed by atoms with E-state index in [1.54, 1.807) is 27.7 Å². The number of hydrogen-bond donors (Lipinski definition) is 1. The van der Waals surface area contributed by atoms with Crippen molar-refractivity contribution in [3.05, 3.63) is 44.8 Å². The van der Waals surface area contributed by atoms with Gasteiger partial charge in [-0.1, -0.05) is 35.2 Å². The van der Waals surface area contributed by atoms with Crippen molar-refractivity contribution in [1.82, 2.24) is 15.2 Å². The minimum absolute atomic E-state index is 0.0373. The first-order chi connectivity index (χ1) is 12.2. The van der Waals surface area contributed by atoms with Crippen LogP contribution in [0.3, 0.4) is 0 Å². The van der Waals surface area contributed by atoms with E-state index in [1.165, 1.54) is 23.1 Å². The molecule has 6 nitrogen and oxygen atoms in total. The molecule has 4 heterocycles. The molecule has 1 atom stereocenters. The Hall–Kier alpha value is -1.75. The van der Waals surface area contributed by atoms with Crippen LogP contribution in [-0.2, 0) is 4.79 Å². The van der Waals surface area contributed by atoms with E-state index in [4.69, 9.17) is 5.73 Å². The number of hydrazone groups is 1. The Kier molecular flexibility index (Phi) is 4.84. The van der Waals surface area contributed by atoms with Gasteiger partial charge in [-0.3, -0.25) is 4.79 Å². The summed E-state index contributed by atoms with van der Waals surface area (Å²) in [5.41, 5.74) is 6.55. The Labute approximate surface area is 160 Å². The summed E-state index contributed by atoms with van der Waals surface area (Å²) in [6.07, 6.45) is 0.739. The van der Waals surface area contributed by atoms with E-state index in [9.17, 15) is 4.79 Å². The largest absolute Gasteiger partial charge is 0.374 e. The highest BCUT2D eigenvalue weighted by atomic mass is 32.2. The molecule has 2 N–H and O–H groups in total. The maximum atomic E-state index is 12.8. The third-order valence-electron chi connectivity index (χ3n) is 3.58. The van der Waals surface area contributed by atoms with Gasteiger partial charge in [-0.2, -0.15) is 5.10 Å². The summed E-state index contributed by atoms with van der Waals surface area (Å²) in [6.45, 7) is 0. The van der Waals surface area contributed by atoms with E-state index < -0.39 is 0 Å². The second kappa shape index (κ2) is 7.24. The number of nitrogens with zero attached hydrogens (tertiary/aromatic N) is 4. The summed E-state index contributed by atoms with van der Waals surface area (Å²) in [5.74, 6) is 0.223. The summed E-state index contributed by atoms with van der Waals surface area (Å²) in [7, 11) is 0. The lowest BCUT2D eigenvalue weighted by Crippen LogP contribution is -2.28. The van der Waals surface area contributed by atoms with Gasteiger partial charge < -0.3 is 5.73 Å². The number of carbonyl (C=O) groups is 1. The zero-order valence-corrected chi connectivity index (χ0v) is 16.1. The van der Waals surface area contributed by atoms with Crippen molar-refractivity contribution >= 4 is 62.5 Å². The molecule has 0 saturated heterocycles. The number of aromatic nitrogens is 2. The van der Waals surface area contributed by atoms with E-state index >= 15 is 0 Å². The fourth-order valence-electron chi connectivity index (χ4n) is 2.50. The predicted octanol–water partition coefficient (Wildman–Crippen LogP) is 3.71. The van der Waals surface area contributed by atoms with Gasteiger partial charge >= 0.3 is 0 Å². The van der Waals surface area contributed by atoms with Crippen LogP contribution in [-0.4, -0.2) is 32.6 Å². The quantitative estimate of drug-likeness (QED) is 0.652. The van der Waals surface area contributed by atoms with Crippen molar-refractivity contribution in [3.8, 4) is 0 Å². The van der Waals surface area contributed by atoms with Gasteiger partial charge in [0, 0.05) is 11.3 Å². The van der Waals surface area contributed by atoms with Crippen molar-refractivity contribution in [3.63, 3.8) is 0 Å². The van der Waals surface area contributed by atoms with Gasteiger partial charge in [0.05, 0.1) is 22.4 Å². The topological polar surface area (TPSA) is 84.5 Å². The highest BCUT2D eigenvalue weighted by Crippen LogP contribution is 2.36. The Bertz CT molecular complexity index is 887. The standard InChI is InChI=1S/C15H13N5OS4/c16-14-17-18-15(25-14)24-8-13(21)20-10(12-4-2-6-23-12)7-9(19-20)11-3-1-5-22-11/h1-6,10H,7-8H2,(H2,16,17). The number of anilines is 1. The van der Waals surface area contributed by atoms with Crippen LogP contribution in [0, 0.1) is 0 Å². The first kappa shape index (κ1) is 16.7.